The highest BCUT2D eigenvalue weighted by molar-refractivity contribution is 5.98. The molecular weight excluding hydrogens is 356 g/mol. The van der Waals surface area contributed by atoms with E-state index in [0.717, 1.165) is 19.5 Å². The first-order chi connectivity index (χ1) is 13.6. The molecule has 2 fully saturated rings. The second-order valence-corrected chi connectivity index (χ2v) is 7.77. The number of piperazine rings is 1. The lowest BCUT2D eigenvalue weighted by Crippen LogP contribution is -2.48. The van der Waals surface area contributed by atoms with E-state index in [-0.39, 0.29) is 24.5 Å². The van der Waals surface area contributed by atoms with Crippen LogP contribution in [0.5, 0.6) is 11.5 Å². The fourth-order valence-corrected chi connectivity index (χ4v) is 3.78. The Morgan fingerprint density at radius 1 is 0.964 bits per heavy atom. The number of ketones is 1. The third-order valence-corrected chi connectivity index (χ3v) is 5.72. The van der Waals surface area contributed by atoms with E-state index < -0.39 is 0 Å². The van der Waals surface area contributed by atoms with Gasteiger partial charge in [0, 0.05) is 56.7 Å². The first-order valence-electron chi connectivity index (χ1n) is 10.3. The number of nitrogens with zero attached hydrogens (tertiary/aromatic N) is 2. The van der Waals surface area contributed by atoms with Gasteiger partial charge in [-0.2, -0.15) is 0 Å². The third-order valence-electron chi connectivity index (χ3n) is 5.72. The number of fused-ring (bicyclic) bond motifs is 1. The number of ether oxygens (including phenoxy) is 2. The van der Waals surface area contributed by atoms with Crippen molar-refractivity contribution in [1.82, 2.24) is 9.80 Å². The first-order valence-corrected chi connectivity index (χ1v) is 10.3. The standard InChI is InChI=1S/C22H28N2O4/c1-16(17-3-4-17)23-9-11-24(12-10-23)22(26)8-6-19(25)18-5-7-20-21(15-18)28-14-2-13-27-20/h5,7,15,17H,1-4,6,8-14H2. The Morgan fingerprint density at radius 3 is 2.36 bits per heavy atom. The van der Waals surface area contributed by atoms with Gasteiger partial charge in [-0.3, -0.25) is 9.59 Å². The van der Waals surface area contributed by atoms with Crippen molar-refractivity contribution >= 4 is 11.7 Å². The Morgan fingerprint density at radius 2 is 1.64 bits per heavy atom. The molecule has 1 aliphatic carbocycles. The van der Waals surface area contributed by atoms with E-state index in [4.69, 9.17) is 9.47 Å². The summed E-state index contributed by atoms with van der Waals surface area (Å²) >= 11 is 0. The van der Waals surface area contributed by atoms with Crippen molar-refractivity contribution in [2.24, 2.45) is 5.92 Å². The molecule has 6 heteroatoms. The van der Waals surface area contributed by atoms with E-state index in [2.05, 4.69) is 11.5 Å². The van der Waals surface area contributed by atoms with Crippen LogP contribution in [0, 0.1) is 5.92 Å². The zero-order valence-corrected chi connectivity index (χ0v) is 16.3. The molecule has 0 bridgehead atoms. The van der Waals surface area contributed by atoms with Gasteiger partial charge in [0.2, 0.25) is 5.91 Å². The number of amides is 1. The summed E-state index contributed by atoms with van der Waals surface area (Å²) in [5.41, 5.74) is 1.80. The molecule has 1 aromatic rings. The van der Waals surface area contributed by atoms with Gasteiger partial charge in [0.1, 0.15) is 0 Å². The van der Waals surface area contributed by atoms with Crippen LogP contribution in [0.2, 0.25) is 0 Å². The summed E-state index contributed by atoms with van der Waals surface area (Å²) in [6, 6.07) is 5.26. The SMILES string of the molecule is C=C(C1CC1)N1CCN(C(=O)CCC(=O)c2ccc3c(c2)OCCCO3)CC1. The molecule has 0 radical (unpaired) electrons. The van der Waals surface area contributed by atoms with Crippen LogP contribution in [0.25, 0.3) is 0 Å². The minimum atomic E-state index is -0.0373. The molecule has 1 aromatic carbocycles. The average molecular weight is 384 g/mol. The average Bonchev–Trinajstić information content (AvgIpc) is 3.58. The lowest BCUT2D eigenvalue weighted by Gasteiger charge is -2.37. The first kappa shape index (κ1) is 18.8. The van der Waals surface area contributed by atoms with Crippen LogP contribution in [0.15, 0.2) is 30.5 Å². The maximum atomic E-state index is 12.5. The predicted molar refractivity (Wildman–Crippen MR) is 106 cm³/mol. The van der Waals surface area contributed by atoms with Crippen LogP contribution >= 0.6 is 0 Å². The summed E-state index contributed by atoms with van der Waals surface area (Å²) in [5, 5.41) is 0. The van der Waals surface area contributed by atoms with Gasteiger partial charge in [0.25, 0.3) is 0 Å². The fourth-order valence-electron chi connectivity index (χ4n) is 3.78. The normalized spacial score (nSPS) is 19.1. The van der Waals surface area contributed by atoms with Crippen molar-refractivity contribution in [3.8, 4) is 11.5 Å². The van der Waals surface area contributed by atoms with Crippen molar-refractivity contribution in [2.45, 2.75) is 32.1 Å². The molecule has 150 valence electrons. The van der Waals surface area contributed by atoms with E-state index in [0.29, 0.717) is 49.3 Å². The monoisotopic (exact) mass is 384 g/mol. The van der Waals surface area contributed by atoms with Crippen LogP contribution in [-0.2, 0) is 4.79 Å². The smallest absolute Gasteiger partial charge is 0.223 e. The highest BCUT2D eigenvalue weighted by atomic mass is 16.5. The summed E-state index contributed by atoms with van der Waals surface area (Å²) in [6.07, 6.45) is 3.79. The molecule has 1 amide bonds. The number of carbonyl (C=O) groups is 2. The molecule has 0 atom stereocenters. The highest BCUT2D eigenvalue weighted by Crippen LogP contribution is 2.37. The zero-order chi connectivity index (χ0) is 19.5. The number of hydrogen-bond acceptors (Lipinski definition) is 5. The van der Waals surface area contributed by atoms with E-state index >= 15 is 0 Å². The van der Waals surface area contributed by atoms with Gasteiger partial charge >= 0.3 is 0 Å². The van der Waals surface area contributed by atoms with Crippen molar-refractivity contribution in [3.05, 3.63) is 36.0 Å². The minimum absolute atomic E-state index is 0.0373. The van der Waals surface area contributed by atoms with Crippen molar-refractivity contribution in [2.75, 3.05) is 39.4 Å². The van der Waals surface area contributed by atoms with Crippen LogP contribution < -0.4 is 9.47 Å². The second-order valence-electron chi connectivity index (χ2n) is 7.77. The van der Waals surface area contributed by atoms with Crippen LogP contribution in [-0.4, -0.2) is 60.9 Å². The van der Waals surface area contributed by atoms with Crippen molar-refractivity contribution in [3.63, 3.8) is 0 Å². The van der Waals surface area contributed by atoms with Crippen LogP contribution in [0.3, 0.4) is 0 Å². The number of carbonyl (C=O) groups excluding carboxylic acids is 2. The third kappa shape index (κ3) is 4.32. The van der Waals surface area contributed by atoms with Gasteiger partial charge in [0.15, 0.2) is 17.3 Å². The maximum Gasteiger partial charge on any atom is 0.223 e. The quantitative estimate of drug-likeness (QED) is 0.706. The predicted octanol–water partition coefficient (Wildman–Crippen LogP) is 2.88. The molecule has 0 unspecified atom stereocenters. The summed E-state index contributed by atoms with van der Waals surface area (Å²) in [4.78, 5) is 29.2. The zero-order valence-electron chi connectivity index (χ0n) is 16.3. The largest absolute Gasteiger partial charge is 0.490 e. The number of benzene rings is 1. The Labute approximate surface area is 166 Å². The Hall–Kier alpha value is -2.50. The lowest BCUT2D eigenvalue weighted by molar-refractivity contribution is -0.132. The van der Waals surface area contributed by atoms with Gasteiger partial charge in [-0.15, -0.1) is 0 Å². The molecular formula is C22H28N2O4. The molecule has 6 nitrogen and oxygen atoms in total. The number of allylic oxidation sites excluding steroid dienone is 1. The van der Waals surface area contributed by atoms with Gasteiger partial charge in [0.05, 0.1) is 13.2 Å². The number of hydrogen-bond donors (Lipinski definition) is 0. The van der Waals surface area contributed by atoms with E-state index in [1.807, 2.05) is 4.90 Å². The molecule has 2 aliphatic heterocycles. The molecule has 28 heavy (non-hydrogen) atoms. The van der Waals surface area contributed by atoms with Gasteiger partial charge in [-0.1, -0.05) is 6.58 Å². The van der Waals surface area contributed by atoms with Gasteiger partial charge in [-0.25, -0.2) is 0 Å². The molecule has 1 saturated carbocycles. The summed E-state index contributed by atoms with van der Waals surface area (Å²) in [7, 11) is 0. The summed E-state index contributed by atoms with van der Waals surface area (Å²) < 4.78 is 11.2. The fraction of sp³-hybridized carbons (Fsp3) is 0.545. The van der Waals surface area contributed by atoms with Crippen LogP contribution in [0.1, 0.15) is 42.5 Å². The van der Waals surface area contributed by atoms with Gasteiger partial charge in [-0.05, 0) is 37.0 Å². The molecule has 3 aliphatic rings. The van der Waals surface area contributed by atoms with E-state index in [1.165, 1.54) is 18.5 Å². The number of Topliss-reactive ketones (excluding diaryl/α,β-unsaturated/α-hetero) is 1. The molecule has 1 saturated heterocycles. The summed E-state index contributed by atoms with van der Waals surface area (Å²) in [5.74, 6) is 1.97. The second kappa shape index (κ2) is 8.25. The van der Waals surface area contributed by atoms with Crippen molar-refractivity contribution < 1.29 is 19.1 Å². The minimum Gasteiger partial charge on any atom is -0.490 e. The topological polar surface area (TPSA) is 59.1 Å². The van der Waals surface area contributed by atoms with Gasteiger partial charge < -0.3 is 19.3 Å². The molecule has 0 N–H and O–H groups in total. The highest BCUT2D eigenvalue weighted by Gasteiger charge is 2.30. The molecule has 0 spiro atoms. The van der Waals surface area contributed by atoms with E-state index in [9.17, 15) is 9.59 Å². The lowest BCUT2D eigenvalue weighted by atomic mass is 10.1. The van der Waals surface area contributed by atoms with Crippen molar-refractivity contribution in [1.29, 1.82) is 0 Å². The number of rotatable bonds is 6. The summed E-state index contributed by atoms with van der Waals surface area (Å²) in [6.45, 7) is 8.52. The van der Waals surface area contributed by atoms with Crippen LogP contribution in [0.4, 0.5) is 0 Å². The Kier molecular flexibility index (Phi) is 5.55. The molecule has 2 heterocycles. The molecule has 4 rings (SSSR count). The molecule has 0 aromatic heterocycles. The maximum absolute atomic E-state index is 12.5. The van der Waals surface area contributed by atoms with E-state index in [1.54, 1.807) is 18.2 Å². The Bertz CT molecular complexity index is 764. The Balaban J connectivity index is 1.26.